The van der Waals surface area contributed by atoms with Crippen molar-refractivity contribution in [1.82, 2.24) is 4.98 Å². The van der Waals surface area contributed by atoms with Crippen LogP contribution >= 0.6 is 0 Å². The van der Waals surface area contributed by atoms with Crippen LogP contribution in [0.5, 0.6) is 11.6 Å². The summed E-state index contributed by atoms with van der Waals surface area (Å²) in [7, 11) is 0. The van der Waals surface area contributed by atoms with E-state index in [1.165, 1.54) is 24.4 Å². The third kappa shape index (κ3) is 3.28. The number of nitrogens with zero attached hydrogens (tertiary/aromatic N) is 1. The second-order valence-electron chi connectivity index (χ2n) is 4.31. The van der Waals surface area contributed by atoms with E-state index in [0.717, 1.165) is 5.56 Å². The van der Waals surface area contributed by atoms with Gasteiger partial charge in [0.1, 0.15) is 17.3 Å². The average molecular weight is 290 g/mol. The van der Waals surface area contributed by atoms with Gasteiger partial charge in [0.2, 0.25) is 5.88 Å². The molecule has 2 aromatic rings. The summed E-state index contributed by atoms with van der Waals surface area (Å²) in [5.41, 5.74) is 6.81. The second-order valence-corrected chi connectivity index (χ2v) is 4.31. The number of anilines is 1. The Balaban J connectivity index is 2.35. The summed E-state index contributed by atoms with van der Waals surface area (Å²) < 4.78 is 23.7. The van der Waals surface area contributed by atoms with Crippen LogP contribution in [-0.4, -0.2) is 17.6 Å². The molecule has 0 radical (unpaired) electrons. The van der Waals surface area contributed by atoms with Gasteiger partial charge in [0.05, 0.1) is 12.2 Å². The maximum absolute atomic E-state index is 13.3. The number of halogens is 1. The molecular formula is C15H15FN2O3. The van der Waals surface area contributed by atoms with Crippen molar-refractivity contribution in [3.05, 3.63) is 47.4 Å². The molecule has 0 aliphatic heterocycles. The molecular weight excluding hydrogens is 275 g/mol. The quantitative estimate of drug-likeness (QED) is 0.876. The minimum atomic E-state index is -0.557. The van der Waals surface area contributed by atoms with Gasteiger partial charge in [-0.15, -0.1) is 0 Å². The van der Waals surface area contributed by atoms with E-state index in [2.05, 4.69) is 4.98 Å². The Morgan fingerprint density at radius 3 is 2.86 bits per heavy atom. The lowest BCUT2D eigenvalue weighted by molar-refractivity contribution is 0.0527. The van der Waals surface area contributed by atoms with Gasteiger partial charge in [-0.2, -0.15) is 0 Å². The van der Waals surface area contributed by atoms with Crippen LogP contribution in [0.25, 0.3) is 0 Å². The molecule has 21 heavy (non-hydrogen) atoms. The zero-order valence-corrected chi connectivity index (χ0v) is 11.7. The van der Waals surface area contributed by atoms with Gasteiger partial charge < -0.3 is 15.2 Å². The molecule has 6 heteroatoms. The fraction of sp³-hybridized carbons (Fsp3) is 0.200. The molecule has 110 valence electrons. The van der Waals surface area contributed by atoms with Crippen molar-refractivity contribution in [1.29, 1.82) is 0 Å². The van der Waals surface area contributed by atoms with E-state index in [1.807, 2.05) is 0 Å². The lowest BCUT2D eigenvalue weighted by Gasteiger charge is -2.12. The van der Waals surface area contributed by atoms with E-state index in [1.54, 1.807) is 19.9 Å². The topological polar surface area (TPSA) is 74.4 Å². The molecule has 0 saturated heterocycles. The summed E-state index contributed by atoms with van der Waals surface area (Å²) in [4.78, 5) is 15.7. The normalized spacial score (nSPS) is 10.2. The van der Waals surface area contributed by atoms with Crippen molar-refractivity contribution in [2.75, 3.05) is 12.3 Å². The van der Waals surface area contributed by atoms with Crippen molar-refractivity contribution in [3.8, 4) is 11.6 Å². The first-order valence-corrected chi connectivity index (χ1v) is 6.38. The van der Waals surface area contributed by atoms with Crippen molar-refractivity contribution in [2.45, 2.75) is 13.8 Å². The smallest absolute Gasteiger partial charge is 0.340 e. The Bertz CT molecular complexity index is 674. The maximum Gasteiger partial charge on any atom is 0.340 e. The van der Waals surface area contributed by atoms with Gasteiger partial charge in [0.25, 0.3) is 0 Å². The van der Waals surface area contributed by atoms with Crippen LogP contribution in [0.15, 0.2) is 30.5 Å². The highest BCUT2D eigenvalue weighted by Crippen LogP contribution is 2.30. The zero-order valence-electron chi connectivity index (χ0n) is 11.7. The zero-order chi connectivity index (χ0) is 15.4. The number of aromatic nitrogens is 1. The minimum Gasteiger partial charge on any atom is -0.462 e. The first-order valence-electron chi connectivity index (χ1n) is 6.38. The van der Waals surface area contributed by atoms with Crippen LogP contribution in [0.4, 0.5) is 10.1 Å². The van der Waals surface area contributed by atoms with Crippen LogP contribution in [0, 0.1) is 12.7 Å². The fourth-order valence-corrected chi connectivity index (χ4v) is 1.71. The lowest BCUT2D eigenvalue weighted by Crippen LogP contribution is -2.09. The monoisotopic (exact) mass is 290 g/mol. The van der Waals surface area contributed by atoms with Crippen LogP contribution in [0.2, 0.25) is 0 Å². The highest BCUT2D eigenvalue weighted by molar-refractivity contribution is 5.96. The lowest BCUT2D eigenvalue weighted by atomic mass is 10.2. The van der Waals surface area contributed by atoms with Gasteiger partial charge in [-0.05, 0) is 31.5 Å². The summed E-state index contributed by atoms with van der Waals surface area (Å²) in [6, 6.07) is 5.58. The first-order chi connectivity index (χ1) is 10.0. The number of ether oxygens (including phenoxy) is 2. The molecule has 1 aromatic heterocycles. The standard InChI is InChI=1S/C15H15FN2O3/c1-3-20-15(19)11-6-7-18-14(13(11)17)21-12-8-10(16)5-4-9(12)2/h4-8H,3,17H2,1-2H3. The number of nitrogen functional groups attached to an aromatic ring is 1. The van der Waals surface area contributed by atoms with Crippen molar-refractivity contribution in [3.63, 3.8) is 0 Å². The third-order valence-electron chi connectivity index (χ3n) is 2.81. The Kier molecular flexibility index (Phi) is 4.37. The number of hydrogen-bond donors (Lipinski definition) is 1. The molecule has 0 spiro atoms. The number of aryl methyl sites for hydroxylation is 1. The number of carbonyl (C=O) groups excluding carboxylic acids is 1. The molecule has 0 unspecified atom stereocenters. The highest BCUT2D eigenvalue weighted by atomic mass is 19.1. The van der Waals surface area contributed by atoms with E-state index in [-0.39, 0.29) is 29.5 Å². The molecule has 0 fully saturated rings. The van der Waals surface area contributed by atoms with E-state index in [4.69, 9.17) is 15.2 Å². The molecule has 0 atom stereocenters. The predicted octanol–water partition coefficient (Wildman–Crippen LogP) is 3.08. The second kappa shape index (κ2) is 6.21. The molecule has 1 heterocycles. The SMILES string of the molecule is CCOC(=O)c1ccnc(Oc2cc(F)ccc2C)c1N. The molecule has 0 amide bonds. The minimum absolute atomic E-state index is 0.0363. The van der Waals surface area contributed by atoms with Crippen LogP contribution in [0.1, 0.15) is 22.8 Å². The maximum atomic E-state index is 13.3. The highest BCUT2D eigenvalue weighted by Gasteiger charge is 2.16. The Morgan fingerprint density at radius 2 is 2.14 bits per heavy atom. The van der Waals surface area contributed by atoms with Crippen LogP contribution in [0.3, 0.4) is 0 Å². The number of benzene rings is 1. The van der Waals surface area contributed by atoms with Gasteiger partial charge in [-0.3, -0.25) is 0 Å². The number of rotatable bonds is 4. The predicted molar refractivity (Wildman–Crippen MR) is 75.8 cm³/mol. The Morgan fingerprint density at radius 1 is 1.38 bits per heavy atom. The molecule has 0 aliphatic rings. The van der Waals surface area contributed by atoms with Crippen molar-refractivity contribution >= 4 is 11.7 Å². The number of carbonyl (C=O) groups is 1. The number of pyridine rings is 1. The van der Waals surface area contributed by atoms with Crippen molar-refractivity contribution < 1.29 is 18.7 Å². The molecule has 0 bridgehead atoms. The van der Waals surface area contributed by atoms with Gasteiger partial charge in [0.15, 0.2) is 0 Å². The van der Waals surface area contributed by atoms with E-state index in [9.17, 15) is 9.18 Å². The van der Waals surface area contributed by atoms with Gasteiger partial charge >= 0.3 is 5.97 Å². The summed E-state index contributed by atoms with van der Waals surface area (Å²) in [5.74, 6) is -0.668. The van der Waals surface area contributed by atoms with Crippen LogP contribution in [-0.2, 0) is 4.74 Å². The Hall–Kier alpha value is -2.63. The number of esters is 1. The fourth-order valence-electron chi connectivity index (χ4n) is 1.71. The molecule has 2 rings (SSSR count). The molecule has 2 N–H and O–H groups in total. The number of hydrogen-bond acceptors (Lipinski definition) is 5. The molecule has 5 nitrogen and oxygen atoms in total. The van der Waals surface area contributed by atoms with Gasteiger partial charge in [0, 0.05) is 12.3 Å². The summed E-state index contributed by atoms with van der Waals surface area (Å²) in [5, 5.41) is 0. The van der Waals surface area contributed by atoms with Crippen LogP contribution < -0.4 is 10.5 Å². The van der Waals surface area contributed by atoms with Crippen molar-refractivity contribution in [2.24, 2.45) is 0 Å². The molecule has 0 aliphatic carbocycles. The molecule has 0 saturated carbocycles. The summed E-state index contributed by atoms with van der Waals surface area (Å²) in [6.07, 6.45) is 1.38. The van der Waals surface area contributed by atoms with Gasteiger partial charge in [-0.1, -0.05) is 6.07 Å². The van der Waals surface area contributed by atoms with Gasteiger partial charge in [-0.25, -0.2) is 14.2 Å². The Labute approximate surface area is 121 Å². The van der Waals surface area contributed by atoms with E-state index in [0.29, 0.717) is 0 Å². The van der Waals surface area contributed by atoms with E-state index >= 15 is 0 Å². The summed E-state index contributed by atoms with van der Waals surface area (Å²) >= 11 is 0. The molecule has 1 aromatic carbocycles. The first kappa shape index (κ1) is 14.8. The van der Waals surface area contributed by atoms with E-state index < -0.39 is 11.8 Å². The number of nitrogens with two attached hydrogens (primary N) is 1. The third-order valence-corrected chi connectivity index (χ3v) is 2.81. The average Bonchev–Trinajstić information content (AvgIpc) is 2.45. The summed E-state index contributed by atoms with van der Waals surface area (Å²) in [6.45, 7) is 3.70. The largest absolute Gasteiger partial charge is 0.462 e.